The molecule has 2 saturated heterocycles. The number of amides is 1. The number of ether oxygens (including phenoxy) is 2. The summed E-state index contributed by atoms with van der Waals surface area (Å²) in [6.45, 7) is 2.70. The average Bonchev–Trinajstić information content (AvgIpc) is 3.44. The first-order chi connectivity index (χ1) is 18.0. The van der Waals surface area contributed by atoms with E-state index in [1.165, 1.54) is 0 Å². The van der Waals surface area contributed by atoms with Gasteiger partial charge in [0.25, 0.3) is 5.91 Å². The summed E-state index contributed by atoms with van der Waals surface area (Å²) in [5.41, 5.74) is 0.433. The number of carbonyl (C=O) groups is 3. The molecule has 1 spiro atoms. The molecule has 39 heavy (non-hydrogen) atoms. The Kier molecular flexibility index (Phi) is 10.3. The van der Waals surface area contributed by atoms with Crippen molar-refractivity contribution in [2.24, 2.45) is 13.0 Å². The Hall–Kier alpha value is -3.89. The molecule has 0 saturated carbocycles. The standard InChI is InChI=1S/C18H22N4O3.2C2HF3O2/c1-21-11-14(9-20-21)17(23)22-12-18(13-22)15(5-8-25-18)4-7-24-16-3-2-6-19-10-16;2*3-2(4,5)1(6)7/h2-3,6,9-11,15H,4-5,7-8,12-13H2,1H3;2*(H,6,7). The van der Waals surface area contributed by atoms with E-state index < -0.39 is 24.3 Å². The third kappa shape index (κ3) is 9.12. The van der Waals surface area contributed by atoms with Crippen LogP contribution in [0.1, 0.15) is 23.2 Å². The van der Waals surface area contributed by atoms with Crippen LogP contribution in [0.5, 0.6) is 5.75 Å². The molecule has 11 nitrogen and oxygen atoms in total. The fourth-order valence-corrected chi connectivity index (χ4v) is 3.75. The number of hydrogen-bond acceptors (Lipinski definition) is 7. The number of nitrogens with zero attached hydrogens (tertiary/aromatic N) is 4. The molecule has 17 heteroatoms. The van der Waals surface area contributed by atoms with E-state index in [2.05, 4.69) is 10.1 Å². The van der Waals surface area contributed by atoms with Gasteiger partial charge in [-0.3, -0.25) is 14.5 Å². The van der Waals surface area contributed by atoms with Gasteiger partial charge in [-0.15, -0.1) is 0 Å². The molecule has 2 aliphatic heterocycles. The van der Waals surface area contributed by atoms with Crippen molar-refractivity contribution in [1.82, 2.24) is 19.7 Å². The molecule has 2 fully saturated rings. The van der Waals surface area contributed by atoms with Crippen molar-refractivity contribution in [2.45, 2.75) is 30.8 Å². The van der Waals surface area contributed by atoms with Gasteiger partial charge in [0.1, 0.15) is 11.4 Å². The second-order valence-electron chi connectivity index (χ2n) is 8.39. The number of hydrogen-bond donors (Lipinski definition) is 2. The first-order valence-electron chi connectivity index (χ1n) is 11.1. The van der Waals surface area contributed by atoms with Crippen molar-refractivity contribution in [2.75, 3.05) is 26.3 Å². The second kappa shape index (κ2) is 12.8. The molecule has 2 aromatic heterocycles. The highest BCUT2D eigenvalue weighted by Crippen LogP contribution is 2.42. The van der Waals surface area contributed by atoms with Crippen molar-refractivity contribution >= 4 is 17.8 Å². The molecular formula is C22H24F6N4O7. The van der Waals surface area contributed by atoms with Crippen molar-refractivity contribution in [3.8, 4) is 5.75 Å². The number of pyridine rings is 1. The Balaban J connectivity index is 0.000000317. The molecule has 0 bridgehead atoms. The van der Waals surface area contributed by atoms with E-state index in [4.69, 9.17) is 29.3 Å². The van der Waals surface area contributed by atoms with E-state index in [-0.39, 0.29) is 11.5 Å². The first-order valence-corrected chi connectivity index (χ1v) is 11.1. The molecule has 0 aromatic carbocycles. The van der Waals surface area contributed by atoms with Gasteiger partial charge in [0.2, 0.25) is 0 Å². The zero-order valence-corrected chi connectivity index (χ0v) is 20.3. The average molecular weight is 570 g/mol. The Bertz CT molecular complexity index is 1090. The van der Waals surface area contributed by atoms with Gasteiger partial charge >= 0.3 is 24.3 Å². The fraction of sp³-hybridized carbons (Fsp3) is 0.500. The van der Waals surface area contributed by atoms with Gasteiger partial charge in [-0.25, -0.2) is 9.59 Å². The lowest BCUT2D eigenvalue weighted by Gasteiger charge is -2.50. The van der Waals surface area contributed by atoms with Crippen LogP contribution >= 0.6 is 0 Å². The van der Waals surface area contributed by atoms with E-state index in [0.717, 1.165) is 25.2 Å². The topological polar surface area (TPSA) is 144 Å². The van der Waals surface area contributed by atoms with Gasteiger partial charge in [0.15, 0.2) is 0 Å². The maximum atomic E-state index is 12.5. The van der Waals surface area contributed by atoms with Gasteiger partial charge in [-0.05, 0) is 30.9 Å². The number of carboxylic acids is 2. The predicted molar refractivity (Wildman–Crippen MR) is 118 cm³/mol. The van der Waals surface area contributed by atoms with E-state index in [1.807, 2.05) is 24.1 Å². The van der Waals surface area contributed by atoms with E-state index in [0.29, 0.717) is 31.2 Å². The van der Waals surface area contributed by atoms with Crippen LogP contribution in [-0.4, -0.2) is 92.0 Å². The van der Waals surface area contributed by atoms with Crippen LogP contribution in [0.4, 0.5) is 26.3 Å². The number of aliphatic carboxylic acids is 2. The normalized spacial score (nSPS) is 17.7. The largest absolute Gasteiger partial charge is 0.492 e. The molecule has 2 N–H and O–H groups in total. The number of likely N-dealkylation sites (tertiary alicyclic amines) is 1. The SMILES string of the molecule is Cn1cc(C(=O)N2CC3(C2)OCCC3CCOc2cccnc2)cn1.O=C(O)C(F)(F)F.O=C(O)C(F)(F)F. The summed E-state index contributed by atoms with van der Waals surface area (Å²) in [5.74, 6) is -4.28. The number of rotatable bonds is 5. The predicted octanol–water partition coefficient (Wildman–Crippen LogP) is 2.78. The first kappa shape index (κ1) is 31.3. The lowest BCUT2D eigenvalue weighted by molar-refractivity contribution is -0.193. The third-order valence-corrected chi connectivity index (χ3v) is 5.61. The summed E-state index contributed by atoms with van der Waals surface area (Å²) in [6, 6.07) is 3.77. The summed E-state index contributed by atoms with van der Waals surface area (Å²) in [7, 11) is 1.81. The second-order valence-corrected chi connectivity index (χ2v) is 8.39. The van der Waals surface area contributed by atoms with E-state index >= 15 is 0 Å². The van der Waals surface area contributed by atoms with Crippen LogP contribution in [0, 0.1) is 5.92 Å². The number of alkyl halides is 6. The van der Waals surface area contributed by atoms with Crippen molar-refractivity contribution in [3.05, 3.63) is 42.5 Å². The maximum Gasteiger partial charge on any atom is 0.490 e. The van der Waals surface area contributed by atoms with Crippen molar-refractivity contribution in [1.29, 1.82) is 0 Å². The number of carboxylic acid groups (broad SMARTS) is 2. The molecule has 1 unspecified atom stereocenters. The quantitative estimate of drug-likeness (QED) is 0.519. The number of halogens is 6. The Morgan fingerprint density at radius 2 is 1.69 bits per heavy atom. The highest BCUT2D eigenvalue weighted by molar-refractivity contribution is 5.94. The van der Waals surface area contributed by atoms with E-state index in [9.17, 15) is 31.1 Å². The highest BCUT2D eigenvalue weighted by Gasteiger charge is 2.54. The summed E-state index contributed by atoms with van der Waals surface area (Å²) in [5, 5.41) is 18.3. The van der Waals surface area contributed by atoms with Crippen LogP contribution in [0.15, 0.2) is 36.9 Å². The summed E-state index contributed by atoms with van der Waals surface area (Å²) < 4.78 is 76.9. The van der Waals surface area contributed by atoms with Crippen LogP contribution in [0.25, 0.3) is 0 Å². The number of aromatic nitrogens is 3. The minimum Gasteiger partial charge on any atom is -0.492 e. The number of aryl methyl sites for hydroxylation is 1. The zero-order chi connectivity index (χ0) is 29.4. The fourth-order valence-electron chi connectivity index (χ4n) is 3.75. The molecule has 0 radical (unpaired) electrons. The lowest BCUT2D eigenvalue weighted by Crippen LogP contribution is -2.66. The maximum absolute atomic E-state index is 12.5. The molecule has 4 heterocycles. The van der Waals surface area contributed by atoms with Crippen LogP contribution in [-0.2, 0) is 21.4 Å². The van der Waals surface area contributed by atoms with Gasteiger partial charge in [-0.1, -0.05) is 0 Å². The summed E-state index contributed by atoms with van der Waals surface area (Å²) in [4.78, 5) is 36.2. The van der Waals surface area contributed by atoms with Crippen LogP contribution in [0.3, 0.4) is 0 Å². The summed E-state index contributed by atoms with van der Waals surface area (Å²) in [6.07, 6.45) is -1.41. The molecule has 2 aliphatic rings. The van der Waals surface area contributed by atoms with E-state index in [1.54, 1.807) is 29.5 Å². The monoisotopic (exact) mass is 570 g/mol. The summed E-state index contributed by atoms with van der Waals surface area (Å²) >= 11 is 0. The minimum absolute atomic E-state index is 0.0274. The Morgan fingerprint density at radius 1 is 1.10 bits per heavy atom. The Labute approximate surface area is 216 Å². The van der Waals surface area contributed by atoms with Gasteiger partial charge in [0, 0.05) is 26.0 Å². The minimum atomic E-state index is -5.08. The zero-order valence-electron chi connectivity index (χ0n) is 20.3. The van der Waals surface area contributed by atoms with Gasteiger partial charge < -0.3 is 24.6 Å². The molecule has 4 rings (SSSR count). The van der Waals surface area contributed by atoms with Crippen LogP contribution in [0.2, 0.25) is 0 Å². The lowest BCUT2D eigenvalue weighted by atomic mass is 9.79. The van der Waals surface area contributed by atoms with Crippen molar-refractivity contribution in [3.63, 3.8) is 0 Å². The molecule has 1 atom stereocenters. The molecule has 216 valence electrons. The van der Waals surface area contributed by atoms with Crippen molar-refractivity contribution < 1.29 is 60.4 Å². The van der Waals surface area contributed by atoms with Crippen LogP contribution < -0.4 is 4.74 Å². The van der Waals surface area contributed by atoms with Gasteiger partial charge in [-0.2, -0.15) is 31.4 Å². The third-order valence-electron chi connectivity index (χ3n) is 5.61. The van der Waals surface area contributed by atoms with Gasteiger partial charge in [0.05, 0.1) is 37.7 Å². The smallest absolute Gasteiger partial charge is 0.490 e. The Morgan fingerprint density at radius 3 is 2.15 bits per heavy atom. The molecule has 1 amide bonds. The molecule has 0 aliphatic carbocycles. The number of carbonyl (C=O) groups excluding carboxylic acids is 1. The molecular weight excluding hydrogens is 546 g/mol. The highest BCUT2D eigenvalue weighted by atomic mass is 19.4. The molecule has 2 aromatic rings.